The number of hydrogen-bond donors (Lipinski definition) is 3. The molecular formula is C28H32F2N2O7S2. The smallest absolute Gasteiger partial charge is 0.395 e. The molecule has 2 heterocycles. The fourth-order valence-electron chi connectivity index (χ4n) is 4.55. The highest BCUT2D eigenvalue weighted by Gasteiger charge is 2.43. The van der Waals surface area contributed by atoms with Gasteiger partial charge in [-0.1, -0.05) is 45.9 Å². The van der Waals surface area contributed by atoms with Gasteiger partial charge in [0.05, 0.1) is 18.7 Å². The maximum atomic E-state index is 13.6. The summed E-state index contributed by atoms with van der Waals surface area (Å²) in [7, 11) is -4.40. The van der Waals surface area contributed by atoms with E-state index in [0.717, 1.165) is 11.1 Å². The number of benzene rings is 2. The van der Waals surface area contributed by atoms with Crippen molar-refractivity contribution in [2.75, 3.05) is 0 Å². The van der Waals surface area contributed by atoms with Gasteiger partial charge < -0.3 is 19.7 Å². The van der Waals surface area contributed by atoms with E-state index in [-0.39, 0.29) is 44.7 Å². The lowest BCUT2D eigenvalue weighted by Gasteiger charge is -2.22. The van der Waals surface area contributed by atoms with Crippen molar-refractivity contribution in [3.63, 3.8) is 0 Å². The molecule has 0 spiro atoms. The number of fused-ring (bicyclic) bond motifs is 1. The van der Waals surface area contributed by atoms with Crippen molar-refractivity contribution in [1.29, 1.82) is 0 Å². The van der Waals surface area contributed by atoms with E-state index in [2.05, 4.69) is 19.2 Å². The van der Waals surface area contributed by atoms with Gasteiger partial charge in [-0.2, -0.15) is 0 Å². The molecule has 0 unspecified atom stereocenters. The molecule has 0 aliphatic carbocycles. The molecule has 1 aromatic heterocycles. The van der Waals surface area contributed by atoms with Gasteiger partial charge in [-0.25, -0.2) is 18.1 Å². The number of aliphatic hydroxyl groups excluding tert-OH is 1. The minimum Gasteiger partial charge on any atom is -0.395 e. The van der Waals surface area contributed by atoms with Crippen LogP contribution in [0.4, 0.5) is 8.78 Å². The van der Waals surface area contributed by atoms with Crippen LogP contribution in [0.3, 0.4) is 0 Å². The molecule has 3 aromatic rings. The van der Waals surface area contributed by atoms with Gasteiger partial charge in [-0.05, 0) is 65.6 Å². The first-order valence-corrected chi connectivity index (χ1v) is 15.2. The zero-order valence-electron chi connectivity index (χ0n) is 23.4. The molecular weight excluding hydrogens is 578 g/mol. The number of carbonyl (C=O) groups excluding carboxylic acids is 1. The summed E-state index contributed by atoms with van der Waals surface area (Å²) in [5, 5.41) is 20.0. The second-order valence-corrected chi connectivity index (χ2v) is 13.8. The van der Waals surface area contributed by atoms with Crippen LogP contribution in [0.25, 0.3) is 11.1 Å². The summed E-state index contributed by atoms with van der Waals surface area (Å²) in [6.07, 6.45) is -3.99. The molecule has 2 aromatic carbocycles. The number of nitrogens with zero attached hydrogens (tertiary/aromatic N) is 1. The summed E-state index contributed by atoms with van der Waals surface area (Å²) in [4.78, 5) is 17.2. The average molecular weight is 611 g/mol. The first-order chi connectivity index (χ1) is 18.9. The van der Waals surface area contributed by atoms with E-state index in [1.54, 1.807) is 6.07 Å². The number of nitrogens with one attached hydrogen (secondary N) is 1. The molecule has 1 amide bonds. The number of hydrogen-bond acceptors (Lipinski definition) is 9. The Hall–Kier alpha value is -3.13. The number of sulfonamides is 1. The molecule has 41 heavy (non-hydrogen) atoms. The second-order valence-electron chi connectivity index (χ2n) is 10.9. The molecule has 4 rings (SSSR count). The van der Waals surface area contributed by atoms with Crippen molar-refractivity contribution in [3.8, 4) is 22.6 Å². The standard InChI is InChI=1S/C28H32F2N2O7S2/c1-14(2)18-9-17(16-7-8-22-23(11-16)39-28(29,30)38-22)10-19(15(3)4)20(18)12-24(34)32-41(36,37)25-21(13-33)31-26(40-25)27(5,6)35/h7-11,14-15,33,35H,12-13H2,1-6H3,(H,32,34). The van der Waals surface area contributed by atoms with Crippen molar-refractivity contribution < 1.29 is 41.7 Å². The number of rotatable bonds is 9. The number of aliphatic hydroxyl groups is 2. The van der Waals surface area contributed by atoms with Crippen molar-refractivity contribution in [3.05, 3.63) is 57.7 Å². The highest BCUT2D eigenvalue weighted by atomic mass is 32.2. The van der Waals surface area contributed by atoms with Crippen LogP contribution in [-0.2, 0) is 33.4 Å². The highest BCUT2D eigenvalue weighted by molar-refractivity contribution is 7.92. The van der Waals surface area contributed by atoms with E-state index in [0.29, 0.717) is 28.0 Å². The Bertz CT molecular complexity index is 1560. The maximum absolute atomic E-state index is 13.6. The molecule has 0 fully saturated rings. The van der Waals surface area contributed by atoms with Crippen LogP contribution >= 0.6 is 11.3 Å². The lowest BCUT2D eigenvalue weighted by molar-refractivity contribution is -0.286. The van der Waals surface area contributed by atoms with Gasteiger partial charge in [-0.3, -0.25) is 4.79 Å². The predicted molar refractivity (Wildman–Crippen MR) is 149 cm³/mol. The third-order valence-corrected chi connectivity index (χ3v) is 9.80. The first-order valence-electron chi connectivity index (χ1n) is 12.9. The minimum atomic E-state index is -4.40. The molecule has 0 saturated heterocycles. The number of thiazole rings is 1. The largest absolute Gasteiger partial charge is 0.586 e. The zero-order valence-corrected chi connectivity index (χ0v) is 25.0. The Morgan fingerprint density at radius 1 is 1.05 bits per heavy atom. The van der Waals surface area contributed by atoms with Crippen molar-refractivity contribution in [2.24, 2.45) is 0 Å². The predicted octanol–water partition coefficient (Wildman–Crippen LogP) is 5.15. The third-order valence-electron chi connectivity index (χ3n) is 6.46. The van der Waals surface area contributed by atoms with Crippen LogP contribution in [0.15, 0.2) is 34.5 Å². The third kappa shape index (κ3) is 6.53. The number of halogens is 2. The van der Waals surface area contributed by atoms with Crippen LogP contribution < -0.4 is 14.2 Å². The number of ether oxygens (including phenoxy) is 2. The molecule has 0 bridgehead atoms. The van der Waals surface area contributed by atoms with Crippen LogP contribution in [0.1, 0.15) is 80.8 Å². The molecule has 3 N–H and O–H groups in total. The zero-order chi connectivity index (χ0) is 30.5. The Morgan fingerprint density at radius 2 is 1.63 bits per heavy atom. The van der Waals surface area contributed by atoms with Gasteiger partial charge in [0.1, 0.15) is 10.6 Å². The highest BCUT2D eigenvalue weighted by Crippen LogP contribution is 2.44. The Morgan fingerprint density at radius 3 is 2.17 bits per heavy atom. The summed E-state index contributed by atoms with van der Waals surface area (Å²) >= 11 is 0.680. The number of carbonyl (C=O) groups is 1. The van der Waals surface area contributed by atoms with Crippen molar-refractivity contribution in [2.45, 2.75) is 82.5 Å². The lowest BCUT2D eigenvalue weighted by Crippen LogP contribution is -2.32. The molecule has 0 atom stereocenters. The van der Waals surface area contributed by atoms with E-state index in [1.165, 1.54) is 26.0 Å². The van der Waals surface area contributed by atoms with Crippen LogP contribution in [0, 0.1) is 0 Å². The van der Waals surface area contributed by atoms with Gasteiger partial charge >= 0.3 is 6.29 Å². The second kappa shape index (κ2) is 10.9. The van der Waals surface area contributed by atoms with Crippen LogP contribution in [0.5, 0.6) is 11.5 Å². The van der Waals surface area contributed by atoms with E-state index in [1.807, 2.05) is 39.8 Å². The fraction of sp³-hybridized carbons (Fsp3) is 0.429. The summed E-state index contributed by atoms with van der Waals surface area (Å²) in [6.45, 7) is 9.92. The summed E-state index contributed by atoms with van der Waals surface area (Å²) in [5.41, 5.74) is 1.96. The first kappa shape index (κ1) is 30.8. The maximum Gasteiger partial charge on any atom is 0.586 e. The van der Waals surface area contributed by atoms with E-state index in [4.69, 9.17) is 0 Å². The van der Waals surface area contributed by atoms with E-state index in [9.17, 15) is 32.2 Å². The van der Waals surface area contributed by atoms with Gasteiger partial charge in [0.25, 0.3) is 10.0 Å². The van der Waals surface area contributed by atoms with Crippen LogP contribution in [-0.4, -0.2) is 35.8 Å². The Labute approximate surface area is 241 Å². The van der Waals surface area contributed by atoms with Gasteiger partial charge in [0.15, 0.2) is 15.7 Å². The lowest BCUT2D eigenvalue weighted by atomic mass is 9.84. The molecule has 0 radical (unpaired) electrons. The van der Waals surface area contributed by atoms with E-state index < -0.39 is 34.4 Å². The molecule has 1 aliphatic rings. The van der Waals surface area contributed by atoms with Crippen molar-refractivity contribution >= 4 is 27.3 Å². The average Bonchev–Trinajstić information content (AvgIpc) is 3.43. The number of aromatic nitrogens is 1. The quantitative estimate of drug-likeness (QED) is 0.303. The normalized spacial score (nSPS) is 14.6. The molecule has 222 valence electrons. The minimum absolute atomic E-state index is 0.0676. The van der Waals surface area contributed by atoms with Gasteiger partial charge in [-0.15, -0.1) is 20.1 Å². The summed E-state index contributed by atoms with van der Waals surface area (Å²) < 4.78 is 64.2. The van der Waals surface area contributed by atoms with Gasteiger partial charge in [0.2, 0.25) is 5.91 Å². The summed E-state index contributed by atoms with van der Waals surface area (Å²) in [5.74, 6) is -1.07. The molecule has 9 nitrogen and oxygen atoms in total. The molecule has 0 saturated carbocycles. The fourth-order valence-corrected chi connectivity index (χ4v) is 7.04. The Kier molecular flexibility index (Phi) is 8.22. The van der Waals surface area contributed by atoms with Gasteiger partial charge in [0, 0.05) is 0 Å². The molecule has 1 aliphatic heterocycles. The SMILES string of the molecule is CC(C)c1cc(-c2ccc3c(c2)OC(F)(F)O3)cc(C(C)C)c1CC(=O)NS(=O)(=O)c1sc(C(C)(C)O)nc1CO. The number of amides is 1. The summed E-state index contributed by atoms with van der Waals surface area (Å²) in [6, 6.07) is 8.22. The van der Waals surface area contributed by atoms with Crippen LogP contribution in [0.2, 0.25) is 0 Å². The van der Waals surface area contributed by atoms with Crippen molar-refractivity contribution in [1.82, 2.24) is 9.71 Å². The monoisotopic (exact) mass is 610 g/mol. The number of alkyl halides is 2. The molecule has 13 heteroatoms. The Balaban J connectivity index is 1.68. The van der Waals surface area contributed by atoms with E-state index >= 15 is 0 Å². The topological polar surface area (TPSA) is 135 Å².